The first-order chi connectivity index (χ1) is 17.8. The van der Waals surface area contributed by atoms with Crippen LogP contribution in [-0.2, 0) is 15.9 Å². The van der Waals surface area contributed by atoms with Crippen LogP contribution in [-0.4, -0.2) is 21.4 Å². The molecule has 1 fully saturated rings. The Balaban J connectivity index is 1.40. The van der Waals surface area contributed by atoms with Gasteiger partial charge in [-0.15, -0.1) is 0 Å². The first-order valence-corrected chi connectivity index (χ1v) is 12.3. The summed E-state index contributed by atoms with van der Waals surface area (Å²) in [4.78, 5) is 0. The van der Waals surface area contributed by atoms with Crippen molar-refractivity contribution < 1.29 is 19.7 Å². The van der Waals surface area contributed by atoms with E-state index in [1.807, 2.05) is 44.2 Å². The van der Waals surface area contributed by atoms with E-state index in [1.54, 1.807) is 24.3 Å². The van der Waals surface area contributed by atoms with Gasteiger partial charge in [-0.2, -0.15) is 10.5 Å². The summed E-state index contributed by atoms with van der Waals surface area (Å²) in [5.74, 6) is 0.565. The van der Waals surface area contributed by atoms with Crippen LogP contribution < -0.4 is 4.74 Å². The summed E-state index contributed by atoms with van der Waals surface area (Å²) in [6, 6.07) is 20.7. The third-order valence-electron chi connectivity index (χ3n) is 7.89. The number of rotatable bonds is 5. The molecule has 0 saturated carbocycles. The van der Waals surface area contributed by atoms with Gasteiger partial charge < -0.3 is 19.7 Å². The molecule has 4 aromatic rings. The standard InChI is InChI=1S/C30H25N3O4/c1-18-15-21(9-7-19(18)16-31)36-14-13-30-12-11-29(2,37-30)25-26(30)28(35)33(27(25)34)24-10-8-20(17-32)22-5-3-4-6-23(22)24/h3-10,15,34-35H,11-14H2,1-2H3/t29-,30-/m1/s1. The lowest BCUT2D eigenvalue weighted by atomic mass is 9.78. The van der Waals surface area contributed by atoms with Crippen molar-refractivity contribution in [3.05, 3.63) is 82.4 Å². The zero-order valence-corrected chi connectivity index (χ0v) is 20.6. The molecule has 2 atom stereocenters. The van der Waals surface area contributed by atoms with Gasteiger partial charge in [0.25, 0.3) is 0 Å². The molecule has 1 saturated heterocycles. The fourth-order valence-electron chi connectivity index (χ4n) is 6.10. The maximum Gasteiger partial charge on any atom is 0.205 e. The summed E-state index contributed by atoms with van der Waals surface area (Å²) in [5, 5.41) is 43.3. The molecule has 0 unspecified atom stereocenters. The summed E-state index contributed by atoms with van der Waals surface area (Å²) in [6.07, 6.45) is 1.89. The highest BCUT2D eigenvalue weighted by Gasteiger charge is 2.61. The fraction of sp³-hybridized carbons (Fsp3) is 0.267. The van der Waals surface area contributed by atoms with Crippen LogP contribution >= 0.6 is 0 Å². The average Bonchev–Trinajstić information content (AvgIpc) is 3.48. The zero-order valence-electron chi connectivity index (χ0n) is 20.6. The molecule has 3 heterocycles. The number of ether oxygens (including phenoxy) is 2. The molecule has 0 spiro atoms. The van der Waals surface area contributed by atoms with E-state index >= 15 is 0 Å². The van der Waals surface area contributed by atoms with E-state index in [0.29, 0.717) is 59.6 Å². The molecule has 2 N–H and O–H groups in total. The van der Waals surface area contributed by atoms with Crippen molar-refractivity contribution in [3.63, 3.8) is 0 Å². The molecule has 7 heteroatoms. The minimum atomic E-state index is -0.791. The average molecular weight is 492 g/mol. The lowest BCUT2D eigenvalue weighted by Crippen LogP contribution is -2.25. The summed E-state index contributed by atoms with van der Waals surface area (Å²) in [6.45, 7) is 4.16. The van der Waals surface area contributed by atoms with Crippen LogP contribution in [0.4, 0.5) is 0 Å². The zero-order chi connectivity index (χ0) is 25.9. The van der Waals surface area contributed by atoms with Crippen LogP contribution in [0.2, 0.25) is 0 Å². The predicted molar refractivity (Wildman–Crippen MR) is 137 cm³/mol. The second-order valence-corrected chi connectivity index (χ2v) is 10.0. The monoisotopic (exact) mass is 491 g/mol. The first kappa shape index (κ1) is 23.0. The Morgan fingerprint density at radius 2 is 1.65 bits per heavy atom. The topological polar surface area (TPSA) is 111 Å². The number of nitriles is 2. The predicted octanol–water partition coefficient (Wildman–Crippen LogP) is 5.80. The van der Waals surface area contributed by atoms with Gasteiger partial charge in [0.2, 0.25) is 11.8 Å². The van der Waals surface area contributed by atoms with E-state index < -0.39 is 11.2 Å². The number of hydrogen-bond donors (Lipinski definition) is 2. The Morgan fingerprint density at radius 3 is 2.38 bits per heavy atom. The number of aryl methyl sites for hydroxylation is 1. The Morgan fingerprint density at radius 1 is 0.946 bits per heavy atom. The molecule has 0 amide bonds. The van der Waals surface area contributed by atoms with Gasteiger partial charge in [-0.25, -0.2) is 0 Å². The molecule has 0 aliphatic carbocycles. The van der Waals surface area contributed by atoms with Crippen LogP contribution in [0.3, 0.4) is 0 Å². The summed E-state index contributed by atoms with van der Waals surface area (Å²) in [5.41, 5.74) is 2.28. The van der Waals surface area contributed by atoms with Gasteiger partial charge in [-0.3, -0.25) is 4.57 Å². The number of aromatic hydroxyl groups is 2. The molecule has 7 nitrogen and oxygen atoms in total. The number of hydrogen-bond acceptors (Lipinski definition) is 6. The van der Waals surface area contributed by atoms with Crippen molar-refractivity contribution in [2.75, 3.05) is 6.61 Å². The largest absolute Gasteiger partial charge is 0.494 e. The van der Waals surface area contributed by atoms with E-state index in [9.17, 15) is 15.5 Å². The maximum atomic E-state index is 11.6. The maximum absolute atomic E-state index is 11.6. The third kappa shape index (κ3) is 3.21. The Labute approximate surface area is 214 Å². The number of benzene rings is 3. The van der Waals surface area contributed by atoms with Gasteiger partial charge in [0.15, 0.2) is 0 Å². The summed E-state index contributed by atoms with van der Waals surface area (Å²) >= 11 is 0. The van der Waals surface area contributed by atoms with Crippen LogP contribution in [0.15, 0.2) is 54.6 Å². The third-order valence-corrected chi connectivity index (χ3v) is 7.89. The minimum absolute atomic E-state index is 0.0462. The van der Waals surface area contributed by atoms with E-state index in [4.69, 9.17) is 14.7 Å². The van der Waals surface area contributed by atoms with Crippen molar-refractivity contribution >= 4 is 10.8 Å². The number of aromatic nitrogens is 1. The molecule has 1 aromatic heterocycles. The second kappa shape index (κ2) is 8.03. The van der Waals surface area contributed by atoms with Crippen molar-refractivity contribution in [1.82, 2.24) is 4.57 Å². The quantitative estimate of drug-likeness (QED) is 0.365. The first-order valence-electron chi connectivity index (χ1n) is 12.3. The second-order valence-electron chi connectivity index (χ2n) is 10.0. The lowest BCUT2D eigenvalue weighted by molar-refractivity contribution is -0.0876. The van der Waals surface area contributed by atoms with Gasteiger partial charge in [0.1, 0.15) is 11.4 Å². The molecule has 0 radical (unpaired) electrons. The minimum Gasteiger partial charge on any atom is -0.494 e. The molecule has 2 aliphatic heterocycles. The number of nitrogens with zero attached hydrogens (tertiary/aromatic N) is 3. The van der Waals surface area contributed by atoms with E-state index in [-0.39, 0.29) is 11.8 Å². The lowest BCUT2D eigenvalue weighted by Gasteiger charge is -2.26. The highest BCUT2D eigenvalue weighted by Crippen LogP contribution is 2.65. The molecule has 2 aliphatic rings. The number of fused-ring (bicyclic) bond motifs is 6. The SMILES string of the molecule is Cc1cc(OCC[C@@]23CC[C@@](C)(O2)c2c3c(O)n(-c3ccc(C#N)c4ccccc34)c2O)ccc1C#N. The molecule has 184 valence electrons. The van der Waals surface area contributed by atoms with Gasteiger partial charge in [0, 0.05) is 17.2 Å². The highest BCUT2D eigenvalue weighted by molar-refractivity contribution is 5.95. The van der Waals surface area contributed by atoms with E-state index in [0.717, 1.165) is 16.3 Å². The molecule has 3 aromatic carbocycles. The Hall–Kier alpha value is -4.46. The van der Waals surface area contributed by atoms with Crippen molar-refractivity contribution in [1.29, 1.82) is 10.5 Å². The van der Waals surface area contributed by atoms with Gasteiger partial charge >= 0.3 is 0 Å². The van der Waals surface area contributed by atoms with Gasteiger partial charge in [0.05, 0.1) is 52.3 Å². The molecular formula is C30H25N3O4. The van der Waals surface area contributed by atoms with E-state index in [2.05, 4.69) is 12.1 Å². The van der Waals surface area contributed by atoms with Crippen LogP contribution in [0, 0.1) is 29.6 Å². The summed E-state index contributed by atoms with van der Waals surface area (Å²) in [7, 11) is 0. The highest BCUT2D eigenvalue weighted by atomic mass is 16.5. The molecule has 37 heavy (non-hydrogen) atoms. The van der Waals surface area contributed by atoms with E-state index in [1.165, 1.54) is 4.57 Å². The van der Waals surface area contributed by atoms with Crippen molar-refractivity contribution in [2.24, 2.45) is 0 Å². The van der Waals surface area contributed by atoms with Crippen LogP contribution in [0.1, 0.15) is 54.0 Å². The molecular weight excluding hydrogens is 466 g/mol. The van der Waals surface area contributed by atoms with Crippen LogP contribution in [0.5, 0.6) is 17.5 Å². The fourth-order valence-corrected chi connectivity index (χ4v) is 6.10. The van der Waals surface area contributed by atoms with Crippen molar-refractivity contribution in [3.8, 4) is 35.3 Å². The van der Waals surface area contributed by atoms with Crippen LogP contribution in [0.25, 0.3) is 16.5 Å². The normalized spacial score (nSPS) is 21.5. The smallest absolute Gasteiger partial charge is 0.205 e. The molecule has 2 bridgehead atoms. The van der Waals surface area contributed by atoms with Gasteiger partial charge in [-0.1, -0.05) is 24.3 Å². The van der Waals surface area contributed by atoms with Crippen molar-refractivity contribution in [2.45, 2.75) is 44.3 Å². The van der Waals surface area contributed by atoms with Gasteiger partial charge in [-0.05, 0) is 62.6 Å². The Kier molecular flexibility index (Phi) is 4.98. The summed E-state index contributed by atoms with van der Waals surface area (Å²) < 4.78 is 14.0. The Bertz CT molecular complexity index is 1680. The molecule has 6 rings (SSSR count).